The number of carbonyl (C=O) groups is 2. The molecule has 128 valence electrons. The maximum Gasteiger partial charge on any atom is 0.315 e. The van der Waals surface area contributed by atoms with E-state index >= 15 is 0 Å². The summed E-state index contributed by atoms with van der Waals surface area (Å²) in [6.45, 7) is 6.30. The highest BCUT2D eigenvalue weighted by molar-refractivity contribution is 5.86. The van der Waals surface area contributed by atoms with Crippen molar-refractivity contribution in [3.8, 4) is 0 Å². The molecule has 0 radical (unpaired) electrons. The van der Waals surface area contributed by atoms with Gasteiger partial charge in [-0.3, -0.25) is 9.48 Å². The van der Waals surface area contributed by atoms with E-state index in [4.69, 9.17) is 4.74 Å². The lowest BCUT2D eigenvalue weighted by atomic mass is 10.1. The molecular weight excluding hydrogens is 298 g/mol. The van der Waals surface area contributed by atoms with Crippen molar-refractivity contribution in [3.05, 3.63) is 18.0 Å². The molecule has 2 rings (SSSR count). The molecule has 0 bridgehead atoms. The Labute approximate surface area is 135 Å². The Balaban J connectivity index is 2.00. The van der Waals surface area contributed by atoms with E-state index in [1.807, 2.05) is 24.6 Å². The van der Waals surface area contributed by atoms with Crippen LogP contribution in [-0.4, -0.2) is 47.5 Å². The number of nitrogens with zero attached hydrogens (tertiary/aromatic N) is 2. The van der Waals surface area contributed by atoms with Crippen molar-refractivity contribution < 1.29 is 14.3 Å². The fourth-order valence-corrected chi connectivity index (χ4v) is 2.70. The highest BCUT2D eigenvalue weighted by Gasteiger charge is 2.34. The third kappa shape index (κ3) is 4.01. The summed E-state index contributed by atoms with van der Waals surface area (Å²) in [6, 6.07) is 1.00. The number of aromatic nitrogens is 2. The van der Waals surface area contributed by atoms with Crippen LogP contribution < -0.4 is 16.0 Å². The van der Waals surface area contributed by atoms with Crippen LogP contribution in [0.1, 0.15) is 45.0 Å². The minimum atomic E-state index is -0.595. The lowest BCUT2D eigenvalue weighted by Crippen LogP contribution is -2.50. The molecule has 8 heteroatoms. The lowest BCUT2D eigenvalue weighted by molar-refractivity contribution is -0.122. The topological polar surface area (TPSA) is 97.3 Å². The van der Waals surface area contributed by atoms with Gasteiger partial charge < -0.3 is 20.7 Å². The number of hydrogen-bond acceptors (Lipinski definition) is 4. The first-order valence-electron chi connectivity index (χ1n) is 7.87. The summed E-state index contributed by atoms with van der Waals surface area (Å²) in [6.07, 6.45) is 2.22. The maximum absolute atomic E-state index is 12.1. The van der Waals surface area contributed by atoms with Gasteiger partial charge in [-0.05, 0) is 33.3 Å². The molecule has 1 saturated heterocycles. The van der Waals surface area contributed by atoms with Gasteiger partial charge in [-0.2, -0.15) is 5.10 Å². The van der Waals surface area contributed by atoms with E-state index in [2.05, 4.69) is 21.0 Å². The predicted molar refractivity (Wildman–Crippen MR) is 84.9 cm³/mol. The summed E-state index contributed by atoms with van der Waals surface area (Å²) in [5.41, 5.74) is 0.946. The van der Waals surface area contributed by atoms with Gasteiger partial charge in [-0.15, -0.1) is 0 Å². The third-order valence-electron chi connectivity index (χ3n) is 3.88. The second-order valence-electron chi connectivity index (χ2n) is 5.93. The van der Waals surface area contributed by atoms with E-state index < -0.39 is 6.04 Å². The summed E-state index contributed by atoms with van der Waals surface area (Å²) in [5.74, 6) is -0.239. The van der Waals surface area contributed by atoms with Crippen molar-refractivity contribution in [2.75, 3.05) is 13.7 Å². The number of ether oxygens (including phenoxy) is 1. The number of rotatable bonds is 5. The van der Waals surface area contributed by atoms with E-state index in [-0.39, 0.29) is 30.1 Å². The molecular formula is C15H25N5O3. The van der Waals surface area contributed by atoms with Crippen molar-refractivity contribution >= 4 is 11.9 Å². The molecule has 3 atom stereocenters. The van der Waals surface area contributed by atoms with Gasteiger partial charge in [0.05, 0.1) is 11.7 Å². The van der Waals surface area contributed by atoms with Crippen LogP contribution in [0.4, 0.5) is 4.79 Å². The standard InChI is InChI=1S/C15H25N5O3/c1-9(2)20-12(5-7-17-20)13-11(6-8-23-13)19-15(22)18-10(3)14(21)16-4/h5,7,9-11,13H,6,8H2,1-4H3,(H,16,21)(H2,18,19,22)/t10-,11-,13-/m0/s1. The molecule has 8 nitrogen and oxygen atoms in total. The molecule has 1 aliphatic rings. The van der Waals surface area contributed by atoms with Crippen LogP contribution in [-0.2, 0) is 9.53 Å². The second kappa shape index (κ2) is 7.45. The van der Waals surface area contributed by atoms with Crippen LogP contribution >= 0.6 is 0 Å². The Morgan fingerprint density at radius 1 is 1.39 bits per heavy atom. The Morgan fingerprint density at radius 3 is 2.78 bits per heavy atom. The fraction of sp³-hybridized carbons (Fsp3) is 0.667. The Kier molecular flexibility index (Phi) is 5.59. The highest BCUT2D eigenvalue weighted by Crippen LogP contribution is 2.30. The van der Waals surface area contributed by atoms with E-state index in [1.165, 1.54) is 7.05 Å². The molecule has 1 aromatic rings. The molecule has 0 aliphatic carbocycles. The van der Waals surface area contributed by atoms with Gasteiger partial charge in [0.15, 0.2) is 0 Å². The van der Waals surface area contributed by atoms with E-state index in [0.717, 1.165) is 12.1 Å². The minimum Gasteiger partial charge on any atom is -0.370 e. The molecule has 1 aromatic heterocycles. The van der Waals surface area contributed by atoms with Crippen molar-refractivity contribution in [3.63, 3.8) is 0 Å². The first-order valence-corrected chi connectivity index (χ1v) is 7.87. The normalized spacial score (nSPS) is 22.0. The van der Waals surface area contributed by atoms with E-state index in [1.54, 1.807) is 13.1 Å². The number of urea groups is 1. The summed E-state index contributed by atoms with van der Waals surface area (Å²) in [4.78, 5) is 23.5. The zero-order valence-electron chi connectivity index (χ0n) is 14.0. The Hall–Kier alpha value is -2.09. The van der Waals surface area contributed by atoms with Crippen LogP contribution in [0.15, 0.2) is 12.3 Å². The van der Waals surface area contributed by atoms with E-state index in [0.29, 0.717) is 6.61 Å². The molecule has 3 amide bonds. The van der Waals surface area contributed by atoms with Gasteiger partial charge >= 0.3 is 6.03 Å². The van der Waals surface area contributed by atoms with E-state index in [9.17, 15) is 9.59 Å². The Morgan fingerprint density at radius 2 is 2.13 bits per heavy atom. The second-order valence-corrected chi connectivity index (χ2v) is 5.93. The van der Waals surface area contributed by atoms with Gasteiger partial charge in [0.2, 0.25) is 5.91 Å². The van der Waals surface area contributed by atoms with Gasteiger partial charge in [0.25, 0.3) is 0 Å². The largest absolute Gasteiger partial charge is 0.370 e. The van der Waals surface area contributed by atoms with Gasteiger partial charge in [-0.25, -0.2) is 4.79 Å². The van der Waals surface area contributed by atoms with Crippen LogP contribution in [0, 0.1) is 0 Å². The highest BCUT2D eigenvalue weighted by atomic mass is 16.5. The predicted octanol–water partition coefficient (Wildman–Crippen LogP) is 0.728. The Bertz CT molecular complexity index is 557. The first-order chi connectivity index (χ1) is 10.9. The molecule has 23 heavy (non-hydrogen) atoms. The molecule has 2 heterocycles. The average molecular weight is 323 g/mol. The van der Waals surface area contributed by atoms with Crippen molar-refractivity contribution in [1.82, 2.24) is 25.7 Å². The summed E-state index contributed by atoms with van der Waals surface area (Å²) < 4.78 is 7.69. The van der Waals surface area contributed by atoms with Crippen LogP contribution in [0.2, 0.25) is 0 Å². The molecule has 3 N–H and O–H groups in total. The smallest absolute Gasteiger partial charge is 0.315 e. The minimum absolute atomic E-state index is 0.152. The molecule has 0 spiro atoms. The van der Waals surface area contributed by atoms with Gasteiger partial charge in [-0.1, -0.05) is 0 Å². The molecule has 0 saturated carbocycles. The number of hydrogen-bond donors (Lipinski definition) is 3. The lowest BCUT2D eigenvalue weighted by Gasteiger charge is -2.23. The monoisotopic (exact) mass is 323 g/mol. The van der Waals surface area contributed by atoms with Crippen LogP contribution in [0.25, 0.3) is 0 Å². The molecule has 0 aromatic carbocycles. The fourth-order valence-electron chi connectivity index (χ4n) is 2.70. The molecule has 1 fully saturated rings. The van der Waals surface area contributed by atoms with Crippen LogP contribution in [0.5, 0.6) is 0 Å². The van der Waals surface area contributed by atoms with Gasteiger partial charge in [0, 0.05) is 25.9 Å². The van der Waals surface area contributed by atoms with Crippen molar-refractivity contribution in [2.24, 2.45) is 0 Å². The molecule has 0 unspecified atom stereocenters. The maximum atomic E-state index is 12.1. The van der Waals surface area contributed by atoms with Crippen LogP contribution in [0.3, 0.4) is 0 Å². The van der Waals surface area contributed by atoms with Crippen molar-refractivity contribution in [2.45, 2.75) is 51.4 Å². The summed E-state index contributed by atoms with van der Waals surface area (Å²) in [5, 5.41) is 12.3. The zero-order valence-corrected chi connectivity index (χ0v) is 14.0. The SMILES string of the molecule is CNC(=O)[C@H](C)NC(=O)N[C@H]1CCO[C@@H]1c1ccnn1C(C)C. The third-order valence-corrected chi connectivity index (χ3v) is 3.88. The number of carbonyl (C=O) groups excluding carboxylic acids is 2. The average Bonchev–Trinajstić information content (AvgIpc) is 3.14. The first kappa shape index (κ1) is 17.3. The quantitative estimate of drug-likeness (QED) is 0.744. The van der Waals surface area contributed by atoms with Crippen molar-refractivity contribution in [1.29, 1.82) is 0 Å². The summed E-state index contributed by atoms with van der Waals surface area (Å²) in [7, 11) is 1.53. The molecule has 1 aliphatic heterocycles. The zero-order chi connectivity index (χ0) is 17.0. The van der Waals surface area contributed by atoms with Gasteiger partial charge in [0.1, 0.15) is 12.1 Å². The number of nitrogens with one attached hydrogen (secondary N) is 3. The number of likely N-dealkylation sites (N-methyl/N-ethyl adjacent to an activating group) is 1. The number of amides is 3. The summed E-state index contributed by atoms with van der Waals surface area (Å²) >= 11 is 0.